The Balaban J connectivity index is 0.00000289. The fraction of sp³-hybridized carbons (Fsp3) is 0.435. The van der Waals surface area contributed by atoms with Crippen molar-refractivity contribution in [3.05, 3.63) is 64.7 Å². The number of aryl methyl sites for hydroxylation is 1. The van der Waals surface area contributed by atoms with E-state index in [-0.39, 0.29) is 17.9 Å². The van der Waals surface area contributed by atoms with Crippen LogP contribution in [0.5, 0.6) is 0 Å². The monoisotopic (exact) mass is 496 g/mol. The summed E-state index contributed by atoms with van der Waals surface area (Å²) in [6, 6.07) is 15.0. The lowest BCUT2D eigenvalue weighted by atomic mass is 9.85. The Morgan fingerprint density at radius 2 is 1.69 bits per heavy atom. The van der Waals surface area contributed by atoms with Gasteiger partial charge >= 0.3 is 0 Å². The number of benzene rings is 2. The summed E-state index contributed by atoms with van der Waals surface area (Å²) in [5, 5.41) is 7.83. The number of rotatable bonds is 5. The Kier molecular flexibility index (Phi) is 8.22. The van der Waals surface area contributed by atoms with Crippen molar-refractivity contribution in [2.75, 3.05) is 26.2 Å². The molecule has 2 aliphatic rings. The molecule has 2 aromatic rings. The lowest BCUT2D eigenvalue weighted by Crippen LogP contribution is -2.64. The lowest BCUT2D eigenvalue weighted by Gasteiger charge is -2.44. The highest BCUT2D eigenvalue weighted by molar-refractivity contribution is 7.89. The molecule has 1 fully saturated rings. The molecule has 1 saturated heterocycles. The van der Waals surface area contributed by atoms with Crippen LogP contribution in [0.1, 0.15) is 30.9 Å². The van der Waals surface area contributed by atoms with Crippen LogP contribution in [0.4, 0.5) is 0 Å². The van der Waals surface area contributed by atoms with E-state index in [1.165, 1.54) is 0 Å². The molecule has 0 unspecified atom stereocenters. The molecule has 9 heteroatoms. The fourth-order valence-corrected chi connectivity index (χ4v) is 5.85. The Bertz CT molecular complexity index is 1030. The van der Waals surface area contributed by atoms with Crippen molar-refractivity contribution in [3.63, 3.8) is 0 Å². The lowest BCUT2D eigenvalue weighted by molar-refractivity contribution is 0.241. The van der Waals surface area contributed by atoms with Crippen molar-refractivity contribution in [1.82, 2.24) is 14.9 Å². The van der Waals surface area contributed by atoms with Crippen molar-refractivity contribution >= 4 is 39.9 Å². The van der Waals surface area contributed by atoms with Gasteiger partial charge in [0.25, 0.3) is 0 Å². The van der Waals surface area contributed by atoms with E-state index in [0.717, 1.165) is 41.5 Å². The maximum Gasteiger partial charge on any atom is 0.243 e. The smallest absolute Gasteiger partial charge is 0.243 e. The molecule has 2 aromatic carbocycles. The number of halogens is 2. The minimum absolute atomic E-state index is 0. The SMILES string of the molecule is CCc1ccc(S(=O)(=O)N2CCC3(CC2)NCCN=C3NCc2ccc(Cl)cc2)cc1.Cl. The Hall–Kier alpha value is -1.64. The zero-order valence-corrected chi connectivity index (χ0v) is 20.6. The molecule has 32 heavy (non-hydrogen) atoms. The second-order valence-corrected chi connectivity index (χ2v) is 10.5. The first-order valence-corrected chi connectivity index (χ1v) is 12.6. The second-order valence-electron chi connectivity index (χ2n) is 8.12. The summed E-state index contributed by atoms with van der Waals surface area (Å²) in [6.07, 6.45) is 2.26. The largest absolute Gasteiger partial charge is 0.368 e. The molecule has 0 bridgehead atoms. The van der Waals surface area contributed by atoms with E-state index in [9.17, 15) is 8.42 Å². The molecule has 2 N–H and O–H groups in total. The number of sulfonamides is 1. The minimum Gasteiger partial charge on any atom is -0.368 e. The molecule has 2 aliphatic heterocycles. The Morgan fingerprint density at radius 3 is 2.31 bits per heavy atom. The van der Waals surface area contributed by atoms with E-state index >= 15 is 0 Å². The van der Waals surface area contributed by atoms with Crippen molar-refractivity contribution < 1.29 is 8.42 Å². The summed E-state index contributed by atoms with van der Waals surface area (Å²) < 4.78 is 27.9. The number of amidine groups is 1. The summed E-state index contributed by atoms with van der Waals surface area (Å²) in [6.45, 7) is 5.17. The molecular formula is C23H30Cl2N4O2S. The number of nitrogens with one attached hydrogen (secondary N) is 2. The van der Waals surface area contributed by atoms with Crippen molar-refractivity contribution in [2.45, 2.75) is 43.2 Å². The quantitative estimate of drug-likeness (QED) is 0.662. The van der Waals surface area contributed by atoms with Gasteiger partial charge in [-0.2, -0.15) is 4.31 Å². The average molecular weight is 497 g/mol. The van der Waals surface area contributed by atoms with Gasteiger partial charge in [-0.05, 0) is 54.7 Å². The standard InChI is InChI=1S/C23H29ClN4O2S.ClH/c1-2-18-5-9-21(10-6-18)31(29,30)28-15-11-23(12-16-28)22(25-13-14-27-23)26-17-19-3-7-20(24)8-4-19;/h3-10,27H,2,11-17H2,1H3,(H,25,26);1H. The van der Waals surface area contributed by atoms with E-state index in [1.807, 2.05) is 36.4 Å². The van der Waals surface area contributed by atoms with Crippen LogP contribution in [0.15, 0.2) is 58.4 Å². The van der Waals surface area contributed by atoms with Crippen LogP contribution < -0.4 is 10.6 Å². The van der Waals surface area contributed by atoms with Crippen LogP contribution in [0.2, 0.25) is 5.02 Å². The maximum atomic E-state index is 13.1. The van der Waals surface area contributed by atoms with E-state index < -0.39 is 10.0 Å². The number of nitrogens with zero attached hydrogens (tertiary/aromatic N) is 2. The summed E-state index contributed by atoms with van der Waals surface area (Å²) in [4.78, 5) is 5.12. The summed E-state index contributed by atoms with van der Waals surface area (Å²) in [5.74, 6) is 0.929. The van der Waals surface area contributed by atoms with Gasteiger partial charge in [0.05, 0.1) is 17.0 Å². The van der Waals surface area contributed by atoms with Gasteiger partial charge in [-0.15, -0.1) is 12.4 Å². The minimum atomic E-state index is -3.49. The molecule has 2 heterocycles. The molecule has 0 aliphatic carbocycles. The van der Waals surface area contributed by atoms with E-state index in [0.29, 0.717) is 37.4 Å². The predicted molar refractivity (Wildman–Crippen MR) is 132 cm³/mol. The highest BCUT2D eigenvalue weighted by Crippen LogP contribution is 2.29. The van der Waals surface area contributed by atoms with Crippen molar-refractivity contribution in [2.24, 2.45) is 4.99 Å². The molecular weight excluding hydrogens is 467 g/mol. The van der Waals surface area contributed by atoms with Crippen LogP contribution in [0.25, 0.3) is 0 Å². The van der Waals surface area contributed by atoms with Crippen LogP contribution in [0, 0.1) is 0 Å². The van der Waals surface area contributed by atoms with E-state index in [4.69, 9.17) is 16.6 Å². The predicted octanol–water partition coefficient (Wildman–Crippen LogP) is 3.64. The molecule has 0 aromatic heterocycles. The zero-order chi connectivity index (χ0) is 21.9. The van der Waals surface area contributed by atoms with Crippen LogP contribution >= 0.6 is 24.0 Å². The summed E-state index contributed by atoms with van der Waals surface area (Å²) in [7, 11) is -3.49. The van der Waals surface area contributed by atoms with E-state index in [2.05, 4.69) is 17.6 Å². The molecule has 1 spiro atoms. The summed E-state index contributed by atoms with van der Waals surface area (Å²) >= 11 is 5.98. The maximum absolute atomic E-state index is 13.1. The molecule has 174 valence electrons. The highest BCUT2D eigenvalue weighted by Gasteiger charge is 2.43. The van der Waals surface area contributed by atoms with Gasteiger partial charge in [-0.3, -0.25) is 4.99 Å². The zero-order valence-electron chi connectivity index (χ0n) is 18.2. The van der Waals surface area contributed by atoms with Gasteiger partial charge in [0.15, 0.2) is 0 Å². The first-order chi connectivity index (χ1) is 14.9. The number of piperidine rings is 1. The Labute approximate surface area is 201 Å². The van der Waals surface area contributed by atoms with Gasteiger partial charge < -0.3 is 10.6 Å². The number of aliphatic imine (C=N–C) groups is 1. The molecule has 6 nitrogen and oxygen atoms in total. The summed E-state index contributed by atoms with van der Waals surface area (Å²) in [5.41, 5.74) is 1.96. The highest BCUT2D eigenvalue weighted by atomic mass is 35.5. The van der Waals surface area contributed by atoms with Crippen LogP contribution in [-0.2, 0) is 23.0 Å². The van der Waals surface area contributed by atoms with Gasteiger partial charge in [0.1, 0.15) is 5.84 Å². The van der Waals surface area contributed by atoms with Gasteiger partial charge in [-0.1, -0.05) is 42.8 Å². The van der Waals surface area contributed by atoms with Gasteiger partial charge in [0, 0.05) is 31.2 Å². The van der Waals surface area contributed by atoms with Crippen LogP contribution in [0.3, 0.4) is 0 Å². The third-order valence-corrected chi connectivity index (χ3v) is 8.38. The normalized spacial score (nSPS) is 18.6. The van der Waals surface area contributed by atoms with Crippen molar-refractivity contribution in [1.29, 1.82) is 0 Å². The second kappa shape index (κ2) is 10.5. The molecule has 0 saturated carbocycles. The molecule has 4 rings (SSSR count). The topological polar surface area (TPSA) is 73.8 Å². The average Bonchev–Trinajstić information content (AvgIpc) is 2.80. The number of hydrogen-bond donors (Lipinski definition) is 2. The number of hydrogen-bond acceptors (Lipinski definition) is 5. The van der Waals surface area contributed by atoms with Crippen LogP contribution in [-0.4, -0.2) is 50.3 Å². The fourth-order valence-electron chi connectivity index (χ4n) is 4.28. The van der Waals surface area contributed by atoms with Gasteiger partial charge in [-0.25, -0.2) is 8.42 Å². The van der Waals surface area contributed by atoms with Crippen molar-refractivity contribution in [3.8, 4) is 0 Å². The molecule has 0 atom stereocenters. The molecule has 0 radical (unpaired) electrons. The first-order valence-electron chi connectivity index (χ1n) is 10.8. The van der Waals surface area contributed by atoms with Gasteiger partial charge in [0.2, 0.25) is 10.0 Å². The third-order valence-electron chi connectivity index (χ3n) is 6.22. The third kappa shape index (κ3) is 5.29. The molecule has 0 amide bonds. The first kappa shape index (κ1) is 25.0. The van der Waals surface area contributed by atoms with E-state index in [1.54, 1.807) is 16.4 Å². The Morgan fingerprint density at radius 1 is 1.06 bits per heavy atom.